The Balaban J connectivity index is 1.20. The number of nitrogens with one attached hydrogen (secondary N) is 1. The van der Waals surface area contributed by atoms with Crippen molar-refractivity contribution in [3.8, 4) is 5.75 Å². The van der Waals surface area contributed by atoms with Gasteiger partial charge in [0, 0.05) is 32.2 Å². The molecule has 0 spiro atoms. The summed E-state index contributed by atoms with van der Waals surface area (Å²) in [6.45, 7) is 3.16. The molecule has 1 aliphatic heterocycles. The Labute approximate surface area is 240 Å². The first-order chi connectivity index (χ1) is 19.8. The van der Waals surface area contributed by atoms with Crippen LogP contribution in [0.1, 0.15) is 68.2 Å². The summed E-state index contributed by atoms with van der Waals surface area (Å²) in [7, 11) is 0. The number of ether oxygens (including phenoxy) is 1. The van der Waals surface area contributed by atoms with Crippen LogP contribution in [-0.4, -0.2) is 71.1 Å². The fourth-order valence-electron chi connectivity index (χ4n) is 4.57. The smallest absolute Gasteiger partial charge is 0.365 e. The highest BCUT2D eigenvalue weighted by Crippen LogP contribution is 2.24. The Morgan fingerprint density at radius 3 is 2.56 bits per heavy atom. The van der Waals surface area contributed by atoms with Gasteiger partial charge in [0.2, 0.25) is 0 Å². The van der Waals surface area contributed by atoms with E-state index in [0.29, 0.717) is 36.6 Å². The van der Waals surface area contributed by atoms with Crippen LogP contribution in [-0.2, 0) is 32.2 Å². The fourth-order valence-corrected chi connectivity index (χ4v) is 4.57. The van der Waals surface area contributed by atoms with E-state index in [2.05, 4.69) is 5.32 Å². The van der Waals surface area contributed by atoms with E-state index in [9.17, 15) is 29.7 Å². The van der Waals surface area contributed by atoms with Gasteiger partial charge in [-0.15, -0.1) is 5.06 Å². The van der Waals surface area contributed by atoms with E-state index in [0.717, 1.165) is 67.0 Å². The number of aryl methyl sites for hydroxylation is 1. The minimum atomic E-state index is -0.694. The molecule has 0 saturated carbocycles. The van der Waals surface area contributed by atoms with Crippen LogP contribution in [0.5, 0.6) is 5.75 Å². The number of aliphatic hydroxyl groups is 2. The van der Waals surface area contributed by atoms with Gasteiger partial charge in [0.05, 0.1) is 18.4 Å². The minimum Gasteiger partial charge on any atom is -0.508 e. The van der Waals surface area contributed by atoms with Gasteiger partial charge < -0.3 is 30.2 Å². The summed E-state index contributed by atoms with van der Waals surface area (Å²) in [6, 6.07) is 11.3. The number of carbonyl (C=O) groups is 3. The lowest BCUT2D eigenvalue weighted by Crippen LogP contribution is -2.34. The van der Waals surface area contributed by atoms with Crippen LogP contribution in [0.4, 0.5) is 10.5 Å². The van der Waals surface area contributed by atoms with Gasteiger partial charge in [0.15, 0.2) is 0 Å². The van der Waals surface area contributed by atoms with Crippen molar-refractivity contribution >= 4 is 23.6 Å². The summed E-state index contributed by atoms with van der Waals surface area (Å²) < 4.78 is 5.76. The van der Waals surface area contributed by atoms with Gasteiger partial charge in [-0.1, -0.05) is 37.5 Å². The summed E-state index contributed by atoms with van der Waals surface area (Å²) in [5, 5.41) is 33.2. The van der Waals surface area contributed by atoms with Crippen molar-refractivity contribution in [2.45, 2.75) is 64.6 Å². The lowest BCUT2D eigenvalue weighted by Gasteiger charge is -2.16. The minimum absolute atomic E-state index is 0.0252. The standard InChI is InChI=1S/C30H41N3O8/c1-22(35)41-32-20-29(38)33(30(32)39)26-11-7-9-23(17-26)10-8-16-40-15-6-4-2-3-5-14-31-19-28(37)24-12-13-27(36)25(18-24)21-34/h7,9,11-13,17-18,28,31,34,36-37H,2-6,8,10,14-16,19-21H2,1H3/t28-/m1/s1. The number of amides is 3. The third-order valence-corrected chi connectivity index (χ3v) is 6.73. The molecule has 11 nitrogen and oxygen atoms in total. The normalized spacial score (nSPS) is 14.1. The topological polar surface area (TPSA) is 149 Å². The van der Waals surface area contributed by atoms with Crippen molar-refractivity contribution in [3.05, 3.63) is 59.2 Å². The van der Waals surface area contributed by atoms with E-state index < -0.39 is 24.0 Å². The number of nitrogens with zero attached hydrogens (tertiary/aromatic N) is 2. The third kappa shape index (κ3) is 10.1. The molecule has 41 heavy (non-hydrogen) atoms. The SMILES string of the molecule is CC(=O)ON1CC(=O)N(c2cccc(CCCOCCCCCCCNC[C@@H](O)c3ccc(O)c(CO)c3)c2)C1=O. The highest BCUT2D eigenvalue weighted by Gasteiger charge is 2.39. The number of hydrogen-bond donors (Lipinski definition) is 4. The van der Waals surface area contributed by atoms with Gasteiger partial charge >= 0.3 is 12.0 Å². The molecular weight excluding hydrogens is 530 g/mol. The number of carbonyl (C=O) groups excluding carboxylic acids is 3. The van der Waals surface area contributed by atoms with Crippen LogP contribution in [0, 0.1) is 0 Å². The van der Waals surface area contributed by atoms with Crippen molar-refractivity contribution in [2.24, 2.45) is 0 Å². The van der Waals surface area contributed by atoms with Gasteiger partial charge in [0.25, 0.3) is 5.91 Å². The number of phenols is 1. The van der Waals surface area contributed by atoms with E-state index >= 15 is 0 Å². The van der Waals surface area contributed by atoms with Crippen molar-refractivity contribution in [3.63, 3.8) is 0 Å². The molecule has 1 aliphatic rings. The Kier molecular flexibility index (Phi) is 13.0. The van der Waals surface area contributed by atoms with Crippen molar-refractivity contribution < 1.29 is 39.3 Å². The molecule has 3 amide bonds. The number of hydrogen-bond acceptors (Lipinski definition) is 9. The number of rotatable bonds is 18. The summed E-state index contributed by atoms with van der Waals surface area (Å²) in [5.74, 6) is -1.08. The van der Waals surface area contributed by atoms with Gasteiger partial charge in [-0.2, -0.15) is 0 Å². The zero-order valence-corrected chi connectivity index (χ0v) is 23.6. The molecular formula is C30H41N3O8. The Morgan fingerprint density at radius 2 is 1.78 bits per heavy atom. The highest BCUT2D eigenvalue weighted by atomic mass is 16.7. The van der Waals surface area contributed by atoms with Crippen LogP contribution < -0.4 is 10.2 Å². The maximum Gasteiger partial charge on any atom is 0.365 e. The predicted molar refractivity (Wildman–Crippen MR) is 152 cm³/mol. The number of aliphatic hydroxyl groups excluding tert-OH is 2. The number of aromatic hydroxyl groups is 1. The summed E-state index contributed by atoms with van der Waals surface area (Å²) in [6.07, 6.45) is 6.16. The molecule has 224 valence electrons. The number of hydroxylamine groups is 2. The lowest BCUT2D eigenvalue weighted by atomic mass is 10.1. The molecule has 0 radical (unpaired) electrons. The molecule has 0 unspecified atom stereocenters. The quantitative estimate of drug-likeness (QED) is 0.156. The number of urea groups is 1. The monoisotopic (exact) mass is 571 g/mol. The maximum atomic E-state index is 12.4. The molecule has 1 heterocycles. The summed E-state index contributed by atoms with van der Waals surface area (Å²) in [4.78, 5) is 41.7. The van der Waals surface area contributed by atoms with Gasteiger partial charge in [-0.25, -0.2) is 9.69 Å². The van der Waals surface area contributed by atoms with Crippen molar-refractivity contribution in [1.82, 2.24) is 10.4 Å². The fraction of sp³-hybridized carbons (Fsp3) is 0.500. The molecule has 1 atom stereocenters. The lowest BCUT2D eigenvalue weighted by molar-refractivity contribution is -0.171. The van der Waals surface area contributed by atoms with Crippen molar-refractivity contribution in [1.29, 1.82) is 0 Å². The molecule has 0 aliphatic carbocycles. The second-order valence-corrected chi connectivity index (χ2v) is 10.1. The molecule has 2 aromatic rings. The van der Waals surface area contributed by atoms with E-state index in [1.807, 2.05) is 6.07 Å². The molecule has 0 bridgehead atoms. The molecule has 4 N–H and O–H groups in total. The van der Waals surface area contributed by atoms with Gasteiger partial charge in [-0.3, -0.25) is 9.59 Å². The summed E-state index contributed by atoms with van der Waals surface area (Å²) >= 11 is 0. The van der Waals surface area contributed by atoms with Crippen molar-refractivity contribution in [2.75, 3.05) is 37.7 Å². The largest absolute Gasteiger partial charge is 0.508 e. The Hall–Kier alpha value is -3.51. The molecule has 1 saturated heterocycles. The van der Waals surface area contributed by atoms with E-state index in [4.69, 9.17) is 9.57 Å². The van der Waals surface area contributed by atoms with Gasteiger partial charge in [0.1, 0.15) is 12.3 Å². The first-order valence-electron chi connectivity index (χ1n) is 14.1. The average molecular weight is 572 g/mol. The van der Waals surface area contributed by atoms with Crippen LogP contribution in [0.25, 0.3) is 0 Å². The third-order valence-electron chi connectivity index (χ3n) is 6.73. The molecule has 2 aromatic carbocycles. The van der Waals surface area contributed by atoms with Gasteiger partial charge in [-0.05, 0) is 67.6 Å². The average Bonchev–Trinajstić information content (AvgIpc) is 3.22. The molecule has 11 heteroatoms. The Bertz CT molecular complexity index is 1160. The van der Waals surface area contributed by atoms with E-state index in [-0.39, 0.29) is 18.9 Å². The molecule has 0 aromatic heterocycles. The second-order valence-electron chi connectivity index (χ2n) is 10.1. The summed E-state index contributed by atoms with van der Waals surface area (Å²) in [5.41, 5.74) is 2.50. The van der Waals surface area contributed by atoms with Crippen LogP contribution in [0.2, 0.25) is 0 Å². The number of imide groups is 1. The maximum absolute atomic E-state index is 12.4. The van der Waals surface area contributed by atoms with Crippen LogP contribution in [0.3, 0.4) is 0 Å². The molecule has 3 rings (SSSR count). The zero-order valence-electron chi connectivity index (χ0n) is 23.6. The highest BCUT2D eigenvalue weighted by molar-refractivity contribution is 6.19. The zero-order chi connectivity index (χ0) is 29.6. The van der Waals surface area contributed by atoms with Crippen LogP contribution >= 0.6 is 0 Å². The van der Waals surface area contributed by atoms with Crippen LogP contribution in [0.15, 0.2) is 42.5 Å². The van der Waals surface area contributed by atoms with E-state index in [1.165, 1.54) is 13.0 Å². The number of benzene rings is 2. The first-order valence-corrected chi connectivity index (χ1v) is 14.1. The van der Waals surface area contributed by atoms with E-state index in [1.54, 1.807) is 30.3 Å². The second kappa shape index (κ2) is 16.7. The predicted octanol–water partition coefficient (Wildman–Crippen LogP) is 3.35. The molecule has 1 fully saturated rings. The first kappa shape index (κ1) is 32.0. The number of anilines is 1. The Morgan fingerprint density at radius 1 is 1.02 bits per heavy atom. The number of unbranched alkanes of at least 4 members (excludes halogenated alkanes) is 4.